The van der Waals surface area contributed by atoms with Gasteiger partial charge in [-0.15, -0.1) is 11.3 Å². The Balaban J connectivity index is 1.21. The van der Waals surface area contributed by atoms with Gasteiger partial charge in [0.2, 0.25) is 0 Å². The van der Waals surface area contributed by atoms with Gasteiger partial charge >= 0.3 is 0 Å². The lowest BCUT2D eigenvalue weighted by molar-refractivity contribution is 0.332. The van der Waals surface area contributed by atoms with E-state index >= 15 is 0 Å². The van der Waals surface area contributed by atoms with E-state index in [9.17, 15) is 0 Å². The summed E-state index contributed by atoms with van der Waals surface area (Å²) in [5, 5.41) is 1.37. The molecule has 0 amide bonds. The molecule has 1 aromatic heterocycles. The van der Waals surface area contributed by atoms with Gasteiger partial charge in [-0.3, -0.25) is 0 Å². The van der Waals surface area contributed by atoms with Gasteiger partial charge in [-0.25, -0.2) is 0 Å². The number of hydrogen-bond acceptors (Lipinski definition) is 4. The van der Waals surface area contributed by atoms with Crippen LogP contribution in [0.3, 0.4) is 0 Å². The first-order valence-electron chi connectivity index (χ1n) is 27.3. The summed E-state index contributed by atoms with van der Waals surface area (Å²) in [6.07, 6.45) is 2.37. The molecule has 3 aliphatic rings. The maximum Gasteiger partial charge on any atom is 0.264 e. The molecule has 5 heteroatoms. The normalized spacial score (nSPS) is 15.9. The lowest BCUT2D eigenvalue weighted by Crippen LogP contribution is -2.60. The van der Waals surface area contributed by atoms with Crippen molar-refractivity contribution in [2.75, 3.05) is 14.7 Å². The number of benzene rings is 7. The molecule has 3 heterocycles. The molecule has 11 rings (SSSR count). The van der Waals surface area contributed by atoms with E-state index in [1.54, 1.807) is 0 Å². The van der Waals surface area contributed by atoms with Crippen LogP contribution < -0.4 is 30.4 Å². The maximum absolute atomic E-state index is 2.65. The molecule has 378 valence electrons. The number of nitrogens with zero attached hydrogens (tertiary/aromatic N) is 3. The molecule has 0 N–H and O–H groups in total. The Hall–Kier alpha value is -6.04. The molecule has 0 bridgehead atoms. The minimum Gasteiger partial charge on any atom is -0.311 e. The van der Waals surface area contributed by atoms with Crippen molar-refractivity contribution in [1.82, 2.24) is 0 Å². The average Bonchev–Trinajstić information content (AvgIpc) is 3.70. The zero-order valence-electron chi connectivity index (χ0n) is 47.5. The van der Waals surface area contributed by atoms with Crippen LogP contribution in [0.15, 0.2) is 140 Å². The largest absolute Gasteiger partial charge is 0.311 e. The summed E-state index contributed by atoms with van der Waals surface area (Å²) >= 11 is 2.03. The third-order valence-electron chi connectivity index (χ3n) is 17.0. The van der Waals surface area contributed by atoms with Gasteiger partial charge in [0.25, 0.3) is 6.71 Å². The van der Waals surface area contributed by atoms with Gasteiger partial charge in [-0.1, -0.05) is 165 Å². The van der Waals surface area contributed by atoms with Crippen molar-refractivity contribution >= 4 is 95.0 Å². The Bertz CT molecular complexity index is 3420. The predicted octanol–water partition coefficient (Wildman–Crippen LogP) is 18.3. The second kappa shape index (κ2) is 17.0. The van der Waals surface area contributed by atoms with E-state index in [-0.39, 0.29) is 39.2 Å². The van der Waals surface area contributed by atoms with E-state index in [0.717, 1.165) is 17.1 Å². The van der Waals surface area contributed by atoms with Gasteiger partial charge in [0.05, 0.1) is 5.69 Å². The van der Waals surface area contributed by atoms with Crippen molar-refractivity contribution in [2.45, 2.75) is 163 Å². The zero-order valence-corrected chi connectivity index (χ0v) is 48.3. The van der Waals surface area contributed by atoms with Crippen LogP contribution in [-0.4, -0.2) is 6.71 Å². The third-order valence-corrected chi connectivity index (χ3v) is 18.2. The van der Waals surface area contributed by atoms with Crippen molar-refractivity contribution in [3.05, 3.63) is 178 Å². The smallest absolute Gasteiger partial charge is 0.264 e. The molecule has 0 atom stereocenters. The standard InChI is InChI=1S/C69H78BN3S/c1-43-38-58-61-59(39-43)73(51-32-24-47(25-33-51)67(11,12)13)62-53-41-54-55(69(16,17)37-36-68(54,14)15)42-60(53)74-63(62)70(61)56-35-34-52(40-57(56)72(58)50-30-22-46(23-31-50)66(8,9)10)71(48-26-18-44(19-27-48)64(2,3)4)49-28-20-45(21-29-49)65(5,6)7/h18-35,38-42H,36-37H2,1-17H3. The second-order valence-corrected chi connectivity index (χ2v) is 28.6. The number of rotatable bonds is 5. The zero-order chi connectivity index (χ0) is 52.8. The fraction of sp³-hybridized carbons (Fsp3) is 0.362. The SMILES string of the molecule is Cc1cc2c3c(c1)N(c1ccc(C(C)(C)C)cc1)c1c(sc4cc5c(cc14)C(C)(C)CCC5(C)C)B3c1ccc(N(c3ccc(C(C)(C)C)cc3)c3ccc(C(C)(C)C)cc3)cc1N2c1ccc(C(C)(C)C)cc1. The molecule has 0 saturated carbocycles. The summed E-state index contributed by atoms with van der Waals surface area (Å²) in [5.74, 6) is 0. The first-order valence-corrected chi connectivity index (χ1v) is 28.1. The van der Waals surface area contributed by atoms with E-state index < -0.39 is 0 Å². The molecule has 74 heavy (non-hydrogen) atoms. The molecule has 0 saturated heterocycles. The van der Waals surface area contributed by atoms with E-state index in [4.69, 9.17) is 0 Å². The van der Waals surface area contributed by atoms with Crippen LogP contribution in [0, 0.1) is 6.92 Å². The van der Waals surface area contributed by atoms with Crippen molar-refractivity contribution in [3.63, 3.8) is 0 Å². The molecule has 2 aliphatic heterocycles. The Morgan fingerprint density at radius 2 is 0.865 bits per heavy atom. The van der Waals surface area contributed by atoms with Crippen molar-refractivity contribution in [3.8, 4) is 0 Å². The highest BCUT2D eigenvalue weighted by Gasteiger charge is 2.47. The predicted molar refractivity (Wildman–Crippen MR) is 325 cm³/mol. The number of thiophene rings is 1. The molecule has 3 nitrogen and oxygen atoms in total. The van der Waals surface area contributed by atoms with Gasteiger partial charge in [0, 0.05) is 60.4 Å². The number of hydrogen-bond donors (Lipinski definition) is 0. The molecule has 0 unspecified atom stereocenters. The van der Waals surface area contributed by atoms with Crippen LogP contribution in [0.5, 0.6) is 0 Å². The first kappa shape index (κ1) is 50.1. The van der Waals surface area contributed by atoms with Gasteiger partial charge in [-0.2, -0.15) is 0 Å². The minimum atomic E-state index is 0.0101. The highest BCUT2D eigenvalue weighted by Crippen LogP contribution is 2.53. The van der Waals surface area contributed by atoms with Gasteiger partial charge in [0.15, 0.2) is 0 Å². The quantitative estimate of drug-likeness (QED) is 0.159. The highest BCUT2D eigenvalue weighted by molar-refractivity contribution is 7.33. The lowest BCUT2D eigenvalue weighted by atomic mass is 9.36. The summed E-state index contributed by atoms with van der Waals surface area (Å²) in [5.41, 5.74) is 23.5. The Morgan fingerprint density at radius 1 is 0.459 bits per heavy atom. The fourth-order valence-electron chi connectivity index (χ4n) is 12.2. The Morgan fingerprint density at radius 3 is 1.32 bits per heavy atom. The van der Waals surface area contributed by atoms with E-state index in [1.807, 2.05) is 11.3 Å². The average molecular weight is 992 g/mol. The Kier molecular flexibility index (Phi) is 11.5. The summed E-state index contributed by atoms with van der Waals surface area (Å²) in [6, 6.07) is 55.1. The van der Waals surface area contributed by atoms with Crippen LogP contribution in [0.1, 0.15) is 163 Å². The first-order chi connectivity index (χ1) is 34.6. The fourth-order valence-corrected chi connectivity index (χ4v) is 13.6. The van der Waals surface area contributed by atoms with Crippen molar-refractivity contribution in [2.24, 2.45) is 0 Å². The number of anilines is 9. The highest BCUT2D eigenvalue weighted by atomic mass is 32.1. The Labute approximate surface area is 448 Å². The molecule has 7 aromatic carbocycles. The van der Waals surface area contributed by atoms with E-state index in [1.165, 1.54) is 112 Å². The molecular weight excluding hydrogens is 914 g/mol. The van der Waals surface area contributed by atoms with Gasteiger partial charge < -0.3 is 14.7 Å². The van der Waals surface area contributed by atoms with Gasteiger partial charge in [-0.05, 0) is 187 Å². The molecule has 1 aliphatic carbocycles. The monoisotopic (exact) mass is 992 g/mol. The summed E-state index contributed by atoms with van der Waals surface area (Å²) in [4.78, 5) is 7.72. The lowest BCUT2D eigenvalue weighted by Gasteiger charge is -2.44. The summed E-state index contributed by atoms with van der Waals surface area (Å²) < 4.78 is 2.79. The summed E-state index contributed by atoms with van der Waals surface area (Å²) in [7, 11) is 0. The van der Waals surface area contributed by atoms with Gasteiger partial charge in [0.1, 0.15) is 0 Å². The summed E-state index contributed by atoms with van der Waals surface area (Å²) in [6.45, 7) is 39.9. The second-order valence-electron chi connectivity index (χ2n) is 27.6. The van der Waals surface area contributed by atoms with Crippen LogP contribution in [0.25, 0.3) is 10.1 Å². The van der Waals surface area contributed by atoms with E-state index in [2.05, 4.69) is 272 Å². The third kappa shape index (κ3) is 8.41. The minimum absolute atomic E-state index is 0.0101. The molecule has 0 fully saturated rings. The van der Waals surface area contributed by atoms with Crippen LogP contribution in [0.2, 0.25) is 0 Å². The van der Waals surface area contributed by atoms with Crippen LogP contribution in [-0.2, 0) is 32.5 Å². The molecule has 8 aromatic rings. The molecule has 0 radical (unpaired) electrons. The number of aryl methyl sites for hydroxylation is 1. The molecule has 0 spiro atoms. The number of fused-ring (bicyclic) bond motifs is 7. The molecular formula is C69H78BN3S. The van der Waals surface area contributed by atoms with E-state index in [0.29, 0.717) is 0 Å². The van der Waals surface area contributed by atoms with Crippen molar-refractivity contribution < 1.29 is 0 Å². The van der Waals surface area contributed by atoms with Crippen LogP contribution >= 0.6 is 11.3 Å². The topological polar surface area (TPSA) is 9.72 Å². The maximum atomic E-state index is 2.65. The van der Waals surface area contributed by atoms with Crippen LogP contribution in [0.4, 0.5) is 51.2 Å². The van der Waals surface area contributed by atoms with Crippen molar-refractivity contribution in [1.29, 1.82) is 0 Å².